The van der Waals surface area contributed by atoms with E-state index in [1.54, 1.807) is 14.2 Å². The number of methoxy groups -OCH3 is 2. The van der Waals surface area contributed by atoms with Crippen molar-refractivity contribution in [3.05, 3.63) is 24.3 Å². The molecule has 1 atom stereocenters. The van der Waals surface area contributed by atoms with Crippen molar-refractivity contribution in [3.63, 3.8) is 0 Å². The first-order chi connectivity index (χ1) is 8.76. The number of hydrogen-bond acceptors (Lipinski definition) is 5. The first kappa shape index (κ1) is 14.8. The summed E-state index contributed by atoms with van der Waals surface area (Å²) in [5.74, 6) is 1.50. The van der Waals surface area contributed by atoms with Crippen LogP contribution in [0.25, 0.3) is 0 Å². The van der Waals surface area contributed by atoms with Gasteiger partial charge in [0.2, 0.25) is 0 Å². The van der Waals surface area contributed by atoms with Gasteiger partial charge in [-0.15, -0.1) is 0 Å². The lowest BCUT2D eigenvalue weighted by atomic mass is 10.3. The molecule has 0 fully saturated rings. The summed E-state index contributed by atoms with van der Waals surface area (Å²) in [6, 6.07) is 7.25. The van der Waals surface area contributed by atoms with E-state index < -0.39 is 6.10 Å². The SMILES string of the molecule is COCCNCC(O)COc1ccc(OC)cc1. The summed E-state index contributed by atoms with van der Waals surface area (Å²) in [5.41, 5.74) is 0. The van der Waals surface area contributed by atoms with Gasteiger partial charge in [0.15, 0.2) is 0 Å². The van der Waals surface area contributed by atoms with E-state index in [1.807, 2.05) is 24.3 Å². The molecule has 0 spiro atoms. The van der Waals surface area contributed by atoms with Crippen molar-refractivity contribution in [1.29, 1.82) is 0 Å². The van der Waals surface area contributed by atoms with Crippen LogP contribution in [0.2, 0.25) is 0 Å². The van der Waals surface area contributed by atoms with Gasteiger partial charge in [-0.2, -0.15) is 0 Å². The van der Waals surface area contributed by atoms with Crippen molar-refractivity contribution in [2.45, 2.75) is 6.10 Å². The fraction of sp³-hybridized carbons (Fsp3) is 0.538. The van der Waals surface area contributed by atoms with Crippen molar-refractivity contribution in [2.75, 3.05) is 40.5 Å². The molecule has 1 rings (SSSR count). The van der Waals surface area contributed by atoms with Gasteiger partial charge < -0.3 is 24.6 Å². The largest absolute Gasteiger partial charge is 0.497 e. The summed E-state index contributed by atoms with van der Waals surface area (Å²) in [6.07, 6.45) is -0.538. The van der Waals surface area contributed by atoms with Crippen molar-refractivity contribution < 1.29 is 19.3 Å². The van der Waals surface area contributed by atoms with Gasteiger partial charge >= 0.3 is 0 Å². The molecule has 5 nitrogen and oxygen atoms in total. The number of rotatable bonds is 9. The topological polar surface area (TPSA) is 60.0 Å². The van der Waals surface area contributed by atoms with Crippen LogP contribution in [-0.2, 0) is 4.74 Å². The van der Waals surface area contributed by atoms with Crippen molar-refractivity contribution in [3.8, 4) is 11.5 Å². The minimum atomic E-state index is -0.538. The maximum atomic E-state index is 9.66. The van der Waals surface area contributed by atoms with Crippen LogP contribution in [0.1, 0.15) is 0 Å². The zero-order valence-electron chi connectivity index (χ0n) is 10.9. The summed E-state index contributed by atoms with van der Waals surface area (Å²) >= 11 is 0. The fourth-order valence-electron chi connectivity index (χ4n) is 1.37. The maximum Gasteiger partial charge on any atom is 0.119 e. The molecule has 0 bridgehead atoms. The Morgan fingerprint density at radius 3 is 2.44 bits per heavy atom. The Balaban J connectivity index is 2.18. The van der Waals surface area contributed by atoms with E-state index in [1.165, 1.54) is 0 Å². The Morgan fingerprint density at radius 2 is 1.83 bits per heavy atom. The molecule has 5 heteroatoms. The molecule has 2 N–H and O–H groups in total. The highest BCUT2D eigenvalue weighted by atomic mass is 16.5. The minimum absolute atomic E-state index is 0.256. The monoisotopic (exact) mass is 255 g/mol. The number of aliphatic hydroxyl groups excluding tert-OH is 1. The first-order valence-corrected chi connectivity index (χ1v) is 5.91. The van der Waals surface area contributed by atoms with Crippen LogP contribution < -0.4 is 14.8 Å². The molecule has 102 valence electrons. The van der Waals surface area contributed by atoms with Crippen molar-refractivity contribution in [2.24, 2.45) is 0 Å². The molecule has 0 aromatic heterocycles. The molecule has 1 aromatic carbocycles. The van der Waals surface area contributed by atoms with Crippen LogP contribution in [0, 0.1) is 0 Å². The summed E-state index contributed by atoms with van der Waals surface area (Å²) in [7, 11) is 3.26. The summed E-state index contributed by atoms with van der Waals surface area (Å²) in [5, 5.41) is 12.7. The summed E-state index contributed by atoms with van der Waals surface area (Å²) in [4.78, 5) is 0. The molecule has 18 heavy (non-hydrogen) atoms. The van der Waals surface area contributed by atoms with Gasteiger partial charge in [0.25, 0.3) is 0 Å². The quantitative estimate of drug-likeness (QED) is 0.635. The molecule has 0 aliphatic carbocycles. The van der Waals surface area contributed by atoms with Crippen LogP contribution in [-0.4, -0.2) is 51.7 Å². The van der Waals surface area contributed by atoms with Crippen LogP contribution in [0.3, 0.4) is 0 Å². The molecule has 0 aliphatic heterocycles. The standard InChI is InChI=1S/C13H21NO4/c1-16-8-7-14-9-11(15)10-18-13-5-3-12(17-2)4-6-13/h3-6,11,14-15H,7-10H2,1-2H3. The number of nitrogens with one attached hydrogen (secondary N) is 1. The van der Waals surface area contributed by atoms with Crippen molar-refractivity contribution in [1.82, 2.24) is 5.32 Å². The molecule has 0 aliphatic rings. The van der Waals surface area contributed by atoms with E-state index in [0.29, 0.717) is 18.9 Å². The maximum absolute atomic E-state index is 9.66. The van der Waals surface area contributed by atoms with Crippen LogP contribution in [0.4, 0.5) is 0 Å². The molecule has 0 saturated heterocycles. The second-order valence-electron chi connectivity index (χ2n) is 3.84. The van der Waals surface area contributed by atoms with E-state index in [0.717, 1.165) is 12.3 Å². The molecule has 1 aromatic rings. The van der Waals surface area contributed by atoms with E-state index >= 15 is 0 Å². The van der Waals surface area contributed by atoms with Gasteiger partial charge in [-0.1, -0.05) is 0 Å². The van der Waals surface area contributed by atoms with Crippen LogP contribution >= 0.6 is 0 Å². The second-order valence-corrected chi connectivity index (χ2v) is 3.84. The fourth-order valence-corrected chi connectivity index (χ4v) is 1.37. The van der Waals surface area contributed by atoms with Gasteiger partial charge in [0.05, 0.1) is 13.7 Å². The molecule has 0 radical (unpaired) electrons. The van der Waals surface area contributed by atoms with Gasteiger partial charge in [0.1, 0.15) is 24.2 Å². The van der Waals surface area contributed by atoms with E-state index in [9.17, 15) is 5.11 Å². The summed E-state index contributed by atoms with van der Waals surface area (Å²) < 4.78 is 15.4. The zero-order chi connectivity index (χ0) is 13.2. The average molecular weight is 255 g/mol. The highest BCUT2D eigenvalue weighted by molar-refractivity contribution is 5.31. The van der Waals surface area contributed by atoms with Gasteiger partial charge in [-0.05, 0) is 24.3 Å². The van der Waals surface area contributed by atoms with Gasteiger partial charge in [-0.25, -0.2) is 0 Å². The van der Waals surface area contributed by atoms with Gasteiger partial charge in [-0.3, -0.25) is 0 Å². The molecule has 1 unspecified atom stereocenters. The predicted molar refractivity (Wildman–Crippen MR) is 69.2 cm³/mol. The Hall–Kier alpha value is -1.30. The van der Waals surface area contributed by atoms with Crippen molar-refractivity contribution >= 4 is 0 Å². The third-order valence-corrected chi connectivity index (χ3v) is 2.36. The Morgan fingerprint density at radius 1 is 1.17 bits per heavy atom. The Labute approximate surface area is 108 Å². The highest BCUT2D eigenvalue weighted by Crippen LogP contribution is 2.16. The zero-order valence-corrected chi connectivity index (χ0v) is 10.9. The lowest BCUT2D eigenvalue weighted by Gasteiger charge is -2.13. The first-order valence-electron chi connectivity index (χ1n) is 5.91. The number of benzene rings is 1. The minimum Gasteiger partial charge on any atom is -0.497 e. The molecule has 0 saturated carbocycles. The smallest absolute Gasteiger partial charge is 0.119 e. The number of hydrogen-bond donors (Lipinski definition) is 2. The number of aliphatic hydroxyl groups is 1. The van der Waals surface area contributed by atoms with Crippen LogP contribution in [0.5, 0.6) is 11.5 Å². The Kier molecular flexibility index (Phi) is 7.17. The van der Waals surface area contributed by atoms with Gasteiger partial charge in [0, 0.05) is 20.2 Å². The van der Waals surface area contributed by atoms with E-state index in [-0.39, 0.29) is 6.61 Å². The molecular weight excluding hydrogens is 234 g/mol. The van der Waals surface area contributed by atoms with E-state index in [4.69, 9.17) is 14.2 Å². The third kappa shape index (κ3) is 5.86. The Bertz CT molecular complexity index is 315. The molecule has 0 amide bonds. The number of ether oxygens (including phenoxy) is 3. The highest BCUT2D eigenvalue weighted by Gasteiger charge is 2.04. The lowest BCUT2D eigenvalue weighted by Crippen LogP contribution is -2.33. The predicted octanol–water partition coefficient (Wildman–Crippen LogP) is 0.671. The third-order valence-electron chi connectivity index (χ3n) is 2.36. The second kappa shape index (κ2) is 8.74. The molecule has 0 heterocycles. The van der Waals surface area contributed by atoms with E-state index in [2.05, 4.69) is 5.32 Å². The normalized spacial score (nSPS) is 12.2. The average Bonchev–Trinajstić information content (AvgIpc) is 2.42. The summed E-state index contributed by atoms with van der Waals surface area (Å²) in [6.45, 7) is 2.09. The molecular formula is C13H21NO4. The van der Waals surface area contributed by atoms with Crippen LogP contribution in [0.15, 0.2) is 24.3 Å². The lowest BCUT2D eigenvalue weighted by molar-refractivity contribution is 0.103.